The van der Waals surface area contributed by atoms with Gasteiger partial charge in [0, 0.05) is 6.61 Å². The highest BCUT2D eigenvalue weighted by Gasteiger charge is 1.95. The molecule has 0 aromatic heterocycles. The van der Waals surface area contributed by atoms with E-state index in [1.165, 1.54) is 11.1 Å². The van der Waals surface area contributed by atoms with Gasteiger partial charge in [0.15, 0.2) is 0 Å². The second-order valence-corrected chi connectivity index (χ2v) is 2.67. The lowest BCUT2D eigenvalue weighted by atomic mass is 10.0. The van der Waals surface area contributed by atoms with Crippen LogP contribution in [-0.2, 0) is 6.42 Å². The number of hydrogen-bond acceptors (Lipinski definition) is 1. The number of hydrogen-bond donors (Lipinski definition) is 1. The van der Waals surface area contributed by atoms with Gasteiger partial charge < -0.3 is 5.11 Å². The molecule has 0 saturated heterocycles. The van der Waals surface area contributed by atoms with Gasteiger partial charge in [-0.1, -0.05) is 36.4 Å². The number of rotatable bonds is 3. The van der Waals surface area contributed by atoms with Crippen LogP contribution in [0.5, 0.6) is 0 Å². The summed E-state index contributed by atoms with van der Waals surface area (Å²) in [6.07, 6.45) is 4.81. The van der Waals surface area contributed by atoms with Crippen LogP contribution in [0.15, 0.2) is 30.3 Å². The molecule has 0 aliphatic heterocycles. The molecule has 1 nitrogen and oxygen atoms in total. The quantitative estimate of drug-likeness (QED) is 0.722. The molecule has 1 heteroatoms. The third kappa shape index (κ3) is 2.21. The smallest absolute Gasteiger partial charge is 0.0471 e. The van der Waals surface area contributed by atoms with E-state index in [4.69, 9.17) is 5.11 Å². The molecule has 0 saturated carbocycles. The highest BCUT2D eigenvalue weighted by molar-refractivity contribution is 5.53. The minimum atomic E-state index is 0.217. The normalized spacial score (nSPS) is 10.8. The van der Waals surface area contributed by atoms with Crippen LogP contribution >= 0.6 is 0 Å². The lowest BCUT2D eigenvalue weighted by molar-refractivity contribution is 0.299. The Morgan fingerprint density at radius 1 is 1.33 bits per heavy atom. The summed E-state index contributed by atoms with van der Waals surface area (Å²) in [6.45, 7) is 2.21. The van der Waals surface area contributed by atoms with Crippen molar-refractivity contribution in [1.82, 2.24) is 0 Å². The number of allylic oxidation sites excluding steroid dienone is 1. The zero-order valence-electron chi connectivity index (χ0n) is 7.33. The van der Waals surface area contributed by atoms with Crippen LogP contribution in [0.4, 0.5) is 0 Å². The van der Waals surface area contributed by atoms with Crippen LogP contribution in [0.25, 0.3) is 6.08 Å². The molecule has 1 N–H and O–H groups in total. The van der Waals surface area contributed by atoms with Gasteiger partial charge in [-0.25, -0.2) is 0 Å². The van der Waals surface area contributed by atoms with Crippen molar-refractivity contribution in [2.45, 2.75) is 13.3 Å². The SMILES string of the molecule is C/C=C/c1ccccc1CCO. The molecule has 12 heavy (non-hydrogen) atoms. The minimum absolute atomic E-state index is 0.217. The highest BCUT2D eigenvalue weighted by atomic mass is 16.2. The van der Waals surface area contributed by atoms with E-state index in [1.54, 1.807) is 0 Å². The molecule has 0 atom stereocenters. The van der Waals surface area contributed by atoms with Crippen LogP contribution in [0.3, 0.4) is 0 Å². The largest absolute Gasteiger partial charge is 0.396 e. The average Bonchev–Trinajstić information content (AvgIpc) is 2.09. The van der Waals surface area contributed by atoms with Gasteiger partial charge in [0.25, 0.3) is 0 Å². The summed E-state index contributed by atoms with van der Waals surface area (Å²) in [7, 11) is 0. The Morgan fingerprint density at radius 3 is 2.75 bits per heavy atom. The molecule has 0 aliphatic carbocycles. The van der Waals surface area contributed by atoms with Gasteiger partial charge in [0.1, 0.15) is 0 Å². The number of aliphatic hydroxyl groups is 1. The molecule has 0 heterocycles. The summed E-state index contributed by atoms with van der Waals surface area (Å²) in [5.41, 5.74) is 2.41. The summed E-state index contributed by atoms with van der Waals surface area (Å²) >= 11 is 0. The number of aliphatic hydroxyl groups excluding tert-OH is 1. The van der Waals surface area contributed by atoms with E-state index in [9.17, 15) is 0 Å². The van der Waals surface area contributed by atoms with Gasteiger partial charge in [0.2, 0.25) is 0 Å². The Bertz CT molecular complexity index is 263. The first-order valence-corrected chi connectivity index (χ1v) is 4.20. The molecule has 0 fully saturated rings. The second kappa shape index (κ2) is 4.73. The zero-order chi connectivity index (χ0) is 8.81. The van der Waals surface area contributed by atoms with E-state index in [0.29, 0.717) is 0 Å². The van der Waals surface area contributed by atoms with Crippen molar-refractivity contribution in [3.05, 3.63) is 41.5 Å². The Hall–Kier alpha value is -1.08. The predicted octanol–water partition coefficient (Wildman–Crippen LogP) is 2.25. The Labute approximate surface area is 73.4 Å². The van der Waals surface area contributed by atoms with Gasteiger partial charge >= 0.3 is 0 Å². The molecule has 64 valence electrons. The van der Waals surface area contributed by atoms with Gasteiger partial charge in [-0.15, -0.1) is 0 Å². The van der Waals surface area contributed by atoms with Crippen LogP contribution in [0, 0.1) is 0 Å². The topological polar surface area (TPSA) is 20.2 Å². The molecule has 0 bridgehead atoms. The third-order valence-electron chi connectivity index (χ3n) is 1.78. The van der Waals surface area contributed by atoms with Crippen molar-refractivity contribution in [3.8, 4) is 0 Å². The van der Waals surface area contributed by atoms with E-state index >= 15 is 0 Å². The van der Waals surface area contributed by atoms with Crippen molar-refractivity contribution < 1.29 is 5.11 Å². The van der Waals surface area contributed by atoms with E-state index < -0.39 is 0 Å². The van der Waals surface area contributed by atoms with Crippen molar-refractivity contribution in [3.63, 3.8) is 0 Å². The van der Waals surface area contributed by atoms with Crippen LogP contribution in [0.2, 0.25) is 0 Å². The first-order valence-electron chi connectivity index (χ1n) is 4.20. The van der Waals surface area contributed by atoms with Gasteiger partial charge in [-0.2, -0.15) is 0 Å². The summed E-state index contributed by atoms with van der Waals surface area (Å²) < 4.78 is 0. The maximum absolute atomic E-state index is 8.79. The first-order chi connectivity index (χ1) is 5.88. The van der Waals surface area contributed by atoms with E-state index in [2.05, 4.69) is 12.1 Å². The van der Waals surface area contributed by atoms with Crippen LogP contribution in [-0.4, -0.2) is 11.7 Å². The Balaban J connectivity index is 2.91. The van der Waals surface area contributed by atoms with E-state index in [-0.39, 0.29) is 6.61 Å². The predicted molar refractivity (Wildman–Crippen MR) is 51.9 cm³/mol. The molecule has 1 aromatic carbocycles. The first kappa shape index (κ1) is 9.01. The fourth-order valence-corrected chi connectivity index (χ4v) is 1.22. The van der Waals surface area contributed by atoms with Crippen molar-refractivity contribution in [2.75, 3.05) is 6.61 Å². The highest BCUT2D eigenvalue weighted by Crippen LogP contribution is 2.10. The van der Waals surface area contributed by atoms with Crippen molar-refractivity contribution in [2.24, 2.45) is 0 Å². The molecule has 0 unspecified atom stereocenters. The standard InChI is InChI=1S/C11H14O/c1-2-5-10-6-3-4-7-11(10)8-9-12/h2-7,12H,8-9H2,1H3/b5-2+. The van der Waals surface area contributed by atoms with Gasteiger partial charge in [-0.3, -0.25) is 0 Å². The third-order valence-corrected chi connectivity index (χ3v) is 1.78. The second-order valence-electron chi connectivity index (χ2n) is 2.67. The van der Waals surface area contributed by atoms with Crippen molar-refractivity contribution in [1.29, 1.82) is 0 Å². The van der Waals surface area contributed by atoms with Crippen molar-refractivity contribution >= 4 is 6.08 Å². The molecule has 0 radical (unpaired) electrons. The lowest BCUT2D eigenvalue weighted by Crippen LogP contribution is -1.92. The Morgan fingerprint density at radius 2 is 2.08 bits per heavy atom. The van der Waals surface area contributed by atoms with Crippen LogP contribution < -0.4 is 0 Å². The average molecular weight is 162 g/mol. The minimum Gasteiger partial charge on any atom is -0.396 e. The zero-order valence-corrected chi connectivity index (χ0v) is 7.33. The molecule has 0 amide bonds. The molecule has 1 aromatic rings. The molecular weight excluding hydrogens is 148 g/mol. The summed E-state index contributed by atoms with van der Waals surface area (Å²) in [5.74, 6) is 0. The number of benzene rings is 1. The Kier molecular flexibility index (Phi) is 3.55. The summed E-state index contributed by atoms with van der Waals surface area (Å²) in [6, 6.07) is 8.12. The molecule has 1 rings (SSSR count). The molecule has 0 spiro atoms. The molecule has 0 aliphatic rings. The summed E-state index contributed by atoms with van der Waals surface area (Å²) in [5, 5.41) is 8.79. The monoisotopic (exact) mass is 162 g/mol. The maximum atomic E-state index is 8.79. The fourth-order valence-electron chi connectivity index (χ4n) is 1.22. The van der Waals surface area contributed by atoms with E-state index in [0.717, 1.165) is 6.42 Å². The van der Waals surface area contributed by atoms with Gasteiger partial charge in [-0.05, 0) is 24.5 Å². The van der Waals surface area contributed by atoms with Crippen LogP contribution in [0.1, 0.15) is 18.1 Å². The fraction of sp³-hybridized carbons (Fsp3) is 0.273. The lowest BCUT2D eigenvalue weighted by Gasteiger charge is -2.02. The molecular formula is C11H14O. The van der Waals surface area contributed by atoms with Gasteiger partial charge in [0.05, 0.1) is 0 Å². The van der Waals surface area contributed by atoms with E-state index in [1.807, 2.05) is 31.2 Å². The maximum Gasteiger partial charge on any atom is 0.0471 e. The summed E-state index contributed by atoms with van der Waals surface area (Å²) in [4.78, 5) is 0.